The van der Waals surface area contributed by atoms with Crippen LogP contribution in [0.1, 0.15) is 25.8 Å². The van der Waals surface area contributed by atoms with Crippen LogP contribution in [0, 0.1) is 12.7 Å². The van der Waals surface area contributed by atoms with Gasteiger partial charge in [-0.3, -0.25) is 9.69 Å². The molecule has 12 heteroatoms. The highest BCUT2D eigenvalue weighted by molar-refractivity contribution is 7.90. The smallest absolute Gasteiger partial charge is 0.241 e. The lowest BCUT2D eigenvalue weighted by molar-refractivity contribution is -0.123. The first kappa shape index (κ1) is 29.6. The molecule has 2 atom stereocenters. The molecule has 0 saturated carbocycles. The Labute approximate surface area is 245 Å². The Balaban J connectivity index is 1.43. The predicted molar refractivity (Wildman–Crippen MR) is 163 cm³/mol. The summed E-state index contributed by atoms with van der Waals surface area (Å²) in [6, 6.07) is 9.85. The molecule has 4 aromatic rings. The van der Waals surface area contributed by atoms with Gasteiger partial charge in [-0.2, -0.15) is 0 Å². The number of nitrogens with one attached hydrogen (secondary N) is 3. The van der Waals surface area contributed by atoms with Gasteiger partial charge in [-0.1, -0.05) is 25.1 Å². The quantitative estimate of drug-likeness (QED) is 0.272. The first-order valence-electron chi connectivity index (χ1n) is 13.9. The van der Waals surface area contributed by atoms with E-state index in [9.17, 15) is 17.6 Å². The number of sulfone groups is 1. The maximum Gasteiger partial charge on any atom is 0.241 e. The molecule has 0 unspecified atom stereocenters. The van der Waals surface area contributed by atoms with Crippen molar-refractivity contribution in [1.82, 2.24) is 24.8 Å². The van der Waals surface area contributed by atoms with Crippen molar-refractivity contribution in [3.05, 3.63) is 60.2 Å². The minimum Gasteiger partial charge on any atom is -0.359 e. The predicted octanol–water partition coefficient (Wildman–Crippen LogP) is 4.57. The third-order valence-electron chi connectivity index (χ3n) is 7.78. The molecule has 0 radical (unpaired) electrons. The van der Waals surface area contributed by atoms with Crippen molar-refractivity contribution in [2.45, 2.75) is 44.2 Å². The van der Waals surface area contributed by atoms with Crippen LogP contribution in [-0.4, -0.2) is 84.1 Å². The number of halogens is 1. The molecule has 1 amide bonds. The standard InChI is InChI=1S/C30H36FN7O3S/c1-6-24(38-14-13-37(4)17-19(38)3)29(39)34-23-11-7-9-20-21(16-32-28(20)23)27-18(2)15-33-30(36-27)35-22-10-8-12-25(26(22)31)42(5,40)41/h7-12,15-16,19,24,32H,6,13-14,17H2,1-5H3,(H,34,39)(H,33,35,36)/t19-,24-/m0/s1. The molecule has 42 heavy (non-hydrogen) atoms. The molecule has 2 aromatic carbocycles. The number of carbonyl (C=O) groups excluding carboxylic acids is 1. The van der Waals surface area contributed by atoms with Gasteiger partial charge in [0.05, 0.1) is 28.6 Å². The number of hydrogen-bond acceptors (Lipinski definition) is 8. The van der Waals surface area contributed by atoms with Gasteiger partial charge in [-0.05, 0) is 51.1 Å². The molecule has 1 aliphatic rings. The molecule has 3 N–H and O–H groups in total. The molecule has 0 bridgehead atoms. The van der Waals surface area contributed by atoms with E-state index in [1.54, 1.807) is 6.20 Å². The number of benzene rings is 2. The summed E-state index contributed by atoms with van der Waals surface area (Å²) in [4.78, 5) is 29.9. The second-order valence-corrected chi connectivity index (χ2v) is 12.9. The maximum atomic E-state index is 15.0. The van der Waals surface area contributed by atoms with Crippen molar-refractivity contribution < 1.29 is 17.6 Å². The van der Waals surface area contributed by atoms with Crippen molar-refractivity contribution >= 4 is 44.0 Å². The Morgan fingerprint density at radius 3 is 2.64 bits per heavy atom. The highest BCUT2D eigenvalue weighted by Gasteiger charge is 2.31. The lowest BCUT2D eigenvalue weighted by atomic mass is 10.1. The van der Waals surface area contributed by atoms with Crippen LogP contribution in [0.5, 0.6) is 0 Å². The zero-order chi connectivity index (χ0) is 30.2. The van der Waals surface area contributed by atoms with Gasteiger partial charge in [0.25, 0.3) is 0 Å². The van der Waals surface area contributed by atoms with Crippen LogP contribution in [0.2, 0.25) is 0 Å². The van der Waals surface area contributed by atoms with E-state index in [4.69, 9.17) is 0 Å². The van der Waals surface area contributed by atoms with Gasteiger partial charge in [0.15, 0.2) is 15.7 Å². The number of amides is 1. The molecule has 0 spiro atoms. The van der Waals surface area contributed by atoms with Gasteiger partial charge in [-0.25, -0.2) is 22.8 Å². The van der Waals surface area contributed by atoms with Gasteiger partial charge >= 0.3 is 0 Å². The number of likely N-dealkylation sites (N-methyl/N-ethyl adjacent to an activating group) is 1. The molecule has 5 rings (SSSR count). The van der Waals surface area contributed by atoms with Gasteiger partial charge < -0.3 is 20.5 Å². The Bertz CT molecular complexity index is 1740. The summed E-state index contributed by atoms with van der Waals surface area (Å²) in [5, 5.41) is 6.82. The largest absolute Gasteiger partial charge is 0.359 e. The molecule has 1 aliphatic heterocycles. The van der Waals surface area contributed by atoms with Crippen molar-refractivity contribution in [2.75, 3.05) is 43.6 Å². The lowest BCUT2D eigenvalue weighted by Crippen LogP contribution is -2.57. The molecule has 222 valence electrons. The summed E-state index contributed by atoms with van der Waals surface area (Å²) in [7, 11) is -1.65. The van der Waals surface area contributed by atoms with E-state index >= 15 is 0 Å². The highest BCUT2D eigenvalue weighted by atomic mass is 32.2. The van der Waals surface area contributed by atoms with Crippen LogP contribution in [0.3, 0.4) is 0 Å². The van der Waals surface area contributed by atoms with E-state index in [-0.39, 0.29) is 29.6 Å². The minimum atomic E-state index is -3.75. The zero-order valence-corrected chi connectivity index (χ0v) is 25.2. The fraction of sp³-hybridized carbons (Fsp3) is 0.367. The fourth-order valence-corrected chi connectivity index (χ4v) is 6.41. The highest BCUT2D eigenvalue weighted by Crippen LogP contribution is 2.34. The van der Waals surface area contributed by atoms with Crippen molar-refractivity contribution in [2.24, 2.45) is 0 Å². The molecule has 2 aromatic heterocycles. The molecule has 1 fully saturated rings. The van der Waals surface area contributed by atoms with E-state index in [1.165, 1.54) is 18.2 Å². The van der Waals surface area contributed by atoms with E-state index in [2.05, 4.69) is 49.4 Å². The van der Waals surface area contributed by atoms with E-state index in [0.717, 1.165) is 47.9 Å². The number of anilines is 3. The van der Waals surface area contributed by atoms with Crippen LogP contribution in [0.25, 0.3) is 22.2 Å². The van der Waals surface area contributed by atoms with Crippen molar-refractivity contribution in [1.29, 1.82) is 0 Å². The molecule has 3 heterocycles. The topological polar surface area (TPSA) is 123 Å². The van der Waals surface area contributed by atoms with Crippen molar-refractivity contribution in [3.63, 3.8) is 0 Å². The second-order valence-electron chi connectivity index (χ2n) is 10.9. The van der Waals surface area contributed by atoms with E-state index in [1.807, 2.05) is 38.2 Å². The number of aromatic nitrogens is 3. The number of piperazine rings is 1. The number of aryl methyl sites for hydroxylation is 1. The van der Waals surface area contributed by atoms with E-state index < -0.39 is 20.5 Å². The summed E-state index contributed by atoms with van der Waals surface area (Å²) in [6.45, 7) is 8.76. The van der Waals surface area contributed by atoms with Gasteiger partial charge in [-0.15, -0.1) is 0 Å². The number of para-hydroxylation sites is 1. The van der Waals surface area contributed by atoms with Crippen LogP contribution in [0.15, 0.2) is 53.7 Å². The summed E-state index contributed by atoms with van der Waals surface area (Å²) in [6.07, 6.45) is 5.11. The average Bonchev–Trinajstić information content (AvgIpc) is 3.37. The zero-order valence-electron chi connectivity index (χ0n) is 24.4. The monoisotopic (exact) mass is 593 g/mol. The first-order valence-corrected chi connectivity index (χ1v) is 15.8. The SMILES string of the molecule is CC[C@@H](C(=O)Nc1cccc2c(-c3nc(Nc4cccc(S(C)(=O)=O)c4F)ncc3C)c[nH]c12)N1CCN(C)C[C@@H]1C. The van der Waals surface area contributed by atoms with Crippen LogP contribution >= 0.6 is 0 Å². The number of hydrogen-bond donors (Lipinski definition) is 3. The van der Waals surface area contributed by atoms with Gasteiger partial charge in [0, 0.05) is 55.3 Å². The van der Waals surface area contributed by atoms with Crippen LogP contribution < -0.4 is 10.6 Å². The second kappa shape index (κ2) is 11.8. The molecule has 10 nitrogen and oxygen atoms in total. The number of aromatic amines is 1. The number of rotatable bonds is 8. The van der Waals surface area contributed by atoms with Crippen molar-refractivity contribution in [3.8, 4) is 11.3 Å². The first-order chi connectivity index (χ1) is 20.0. The summed E-state index contributed by atoms with van der Waals surface area (Å²) in [5.74, 6) is -0.818. The maximum absolute atomic E-state index is 15.0. The number of fused-ring (bicyclic) bond motifs is 1. The summed E-state index contributed by atoms with van der Waals surface area (Å²) < 4.78 is 38.9. The summed E-state index contributed by atoms with van der Waals surface area (Å²) in [5.41, 5.74) is 3.58. The molecular formula is C30H36FN7O3S. The molecular weight excluding hydrogens is 557 g/mol. The number of carbonyl (C=O) groups is 1. The normalized spacial score (nSPS) is 17.3. The van der Waals surface area contributed by atoms with Crippen LogP contribution in [0.4, 0.5) is 21.7 Å². The third-order valence-corrected chi connectivity index (χ3v) is 8.90. The average molecular weight is 594 g/mol. The Morgan fingerprint density at radius 1 is 1.19 bits per heavy atom. The number of nitrogens with zero attached hydrogens (tertiary/aromatic N) is 4. The van der Waals surface area contributed by atoms with E-state index in [0.29, 0.717) is 17.8 Å². The number of H-pyrrole nitrogens is 1. The Hall–Kier alpha value is -3.87. The summed E-state index contributed by atoms with van der Waals surface area (Å²) >= 11 is 0. The Kier molecular flexibility index (Phi) is 8.31. The Morgan fingerprint density at radius 2 is 1.93 bits per heavy atom. The third kappa shape index (κ3) is 5.87. The minimum absolute atomic E-state index is 0.0411. The fourth-order valence-electron chi connectivity index (χ4n) is 5.65. The molecule has 1 saturated heterocycles. The molecule has 0 aliphatic carbocycles. The van der Waals surface area contributed by atoms with Crippen LogP contribution in [-0.2, 0) is 14.6 Å². The van der Waals surface area contributed by atoms with Gasteiger partial charge in [0.2, 0.25) is 11.9 Å². The lowest BCUT2D eigenvalue weighted by Gasteiger charge is -2.42. The van der Waals surface area contributed by atoms with Gasteiger partial charge in [0.1, 0.15) is 4.90 Å².